The van der Waals surface area contributed by atoms with Gasteiger partial charge in [0, 0.05) is 12.6 Å². The first kappa shape index (κ1) is 30.0. The summed E-state index contributed by atoms with van der Waals surface area (Å²) in [5.74, 6) is -3.37. The Morgan fingerprint density at radius 3 is 2.33 bits per heavy atom. The second-order valence-corrected chi connectivity index (χ2v) is 12.0. The third kappa shape index (κ3) is 5.76. The van der Waals surface area contributed by atoms with Crippen molar-refractivity contribution in [3.63, 3.8) is 0 Å². The minimum Gasteiger partial charge on any atom is -0.496 e. The molecule has 0 bridgehead atoms. The molecule has 222 valence electrons. The highest BCUT2D eigenvalue weighted by atomic mass is 19.1. The maximum absolute atomic E-state index is 14.9. The van der Waals surface area contributed by atoms with E-state index in [0.29, 0.717) is 25.8 Å². The number of hydrogen-bond donors (Lipinski definition) is 4. The monoisotopic (exact) mass is 564 g/mol. The molecule has 1 heterocycles. The van der Waals surface area contributed by atoms with E-state index in [1.807, 2.05) is 6.92 Å². The van der Waals surface area contributed by atoms with Crippen molar-refractivity contribution in [1.82, 2.24) is 10.6 Å². The Kier molecular flexibility index (Phi) is 8.65. The van der Waals surface area contributed by atoms with Gasteiger partial charge in [-0.05, 0) is 63.4 Å². The van der Waals surface area contributed by atoms with E-state index in [2.05, 4.69) is 17.6 Å². The third-order valence-electron chi connectivity index (χ3n) is 9.10. The highest BCUT2D eigenvalue weighted by molar-refractivity contribution is 5.98. The number of carboxylic acids is 1. The molecule has 1 aromatic carbocycles. The van der Waals surface area contributed by atoms with Crippen molar-refractivity contribution >= 4 is 17.8 Å². The first-order valence-electron chi connectivity index (χ1n) is 14.1. The van der Waals surface area contributed by atoms with Crippen LogP contribution in [-0.4, -0.2) is 66.2 Å². The quantitative estimate of drug-likeness (QED) is 0.320. The summed E-state index contributed by atoms with van der Waals surface area (Å²) in [7, 11) is 1.32. The van der Waals surface area contributed by atoms with Gasteiger partial charge in [-0.15, -0.1) is 0 Å². The third-order valence-corrected chi connectivity index (χ3v) is 9.10. The number of hydrogen-bond acceptors (Lipinski definition) is 7. The Balaban J connectivity index is 1.46. The largest absolute Gasteiger partial charge is 0.496 e. The topological polar surface area (TPSA) is 143 Å². The first-order valence-corrected chi connectivity index (χ1v) is 14.1. The normalized spacial score (nSPS) is 30.8. The van der Waals surface area contributed by atoms with Crippen LogP contribution in [0.3, 0.4) is 0 Å². The molecular weight excluding hydrogens is 523 g/mol. The molecule has 3 fully saturated rings. The van der Waals surface area contributed by atoms with Crippen LogP contribution in [0.15, 0.2) is 12.1 Å². The number of aliphatic hydroxyl groups excluding tert-OH is 1. The average molecular weight is 565 g/mol. The molecule has 2 aliphatic carbocycles. The van der Waals surface area contributed by atoms with Crippen molar-refractivity contribution in [1.29, 1.82) is 0 Å². The number of amides is 2. The van der Waals surface area contributed by atoms with Crippen molar-refractivity contribution < 1.29 is 43.2 Å². The van der Waals surface area contributed by atoms with Gasteiger partial charge < -0.3 is 35.1 Å². The fourth-order valence-corrected chi connectivity index (χ4v) is 6.10. The van der Waals surface area contributed by atoms with E-state index in [4.69, 9.17) is 14.2 Å². The number of methoxy groups -OCH3 is 1. The molecule has 4 N–H and O–H groups in total. The lowest BCUT2D eigenvalue weighted by Crippen LogP contribution is -2.71. The molecule has 3 aliphatic rings. The van der Waals surface area contributed by atoms with E-state index < -0.39 is 47.5 Å². The highest BCUT2D eigenvalue weighted by Crippen LogP contribution is 2.42. The minimum absolute atomic E-state index is 0.00922. The zero-order valence-electron chi connectivity index (χ0n) is 23.7. The van der Waals surface area contributed by atoms with Crippen LogP contribution in [0.5, 0.6) is 11.5 Å². The van der Waals surface area contributed by atoms with Crippen LogP contribution < -0.4 is 20.1 Å². The van der Waals surface area contributed by atoms with Gasteiger partial charge in [-0.2, -0.15) is 0 Å². The fraction of sp³-hybridized carbons (Fsp3) is 0.690. The van der Waals surface area contributed by atoms with Gasteiger partial charge in [0.25, 0.3) is 5.91 Å². The van der Waals surface area contributed by atoms with E-state index >= 15 is 0 Å². The Hall–Kier alpha value is -2.92. The van der Waals surface area contributed by atoms with Crippen LogP contribution in [0.4, 0.5) is 4.39 Å². The molecule has 1 aromatic rings. The van der Waals surface area contributed by atoms with Gasteiger partial charge >= 0.3 is 5.97 Å². The van der Waals surface area contributed by atoms with Crippen molar-refractivity contribution in [2.24, 2.45) is 16.7 Å². The van der Waals surface area contributed by atoms with Crippen LogP contribution in [0.25, 0.3) is 0 Å². The van der Waals surface area contributed by atoms with Crippen molar-refractivity contribution in [3.05, 3.63) is 23.5 Å². The second kappa shape index (κ2) is 11.5. The Bertz CT molecular complexity index is 1130. The summed E-state index contributed by atoms with van der Waals surface area (Å²) >= 11 is 0. The van der Waals surface area contributed by atoms with Crippen LogP contribution in [0.1, 0.15) is 82.5 Å². The van der Waals surface area contributed by atoms with E-state index in [0.717, 1.165) is 25.3 Å². The Morgan fingerprint density at radius 2 is 1.80 bits per heavy atom. The number of halogens is 1. The SMILES string of the molecule is CC[C@@H]1O[C@](C)(NC(=O)c2cc(OC3CCC(CO)(C(=O)O)CC3)c(F)cc2OC)[C@@H]1C(=O)NCC1(C)CCC1. The molecule has 0 radical (unpaired) electrons. The molecule has 10 nitrogen and oxygen atoms in total. The summed E-state index contributed by atoms with van der Waals surface area (Å²) in [6.07, 6.45) is 4.03. The smallest absolute Gasteiger partial charge is 0.311 e. The molecule has 1 aliphatic heterocycles. The van der Waals surface area contributed by atoms with Gasteiger partial charge in [-0.3, -0.25) is 14.4 Å². The van der Waals surface area contributed by atoms with Crippen molar-refractivity contribution in [2.45, 2.75) is 90.1 Å². The predicted molar refractivity (Wildman–Crippen MR) is 142 cm³/mol. The molecule has 3 atom stereocenters. The van der Waals surface area contributed by atoms with Crippen LogP contribution in [0, 0.1) is 22.6 Å². The summed E-state index contributed by atoms with van der Waals surface area (Å²) < 4.78 is 32.0. The summed E-state index contributed by atoms with van der Waals surface area (Å²) in [5.41, 5.74) is -2.38. The zero-order chi connectivity index (χ0) is 29.3. The first-order chi connectivity index (χ1) is 18.9. The van der Waals surface area contributed by atoms with Gasteiger partial charge in [0.05, 0.1) is 36.9 Å². The number of carboxylic acid groups (broad SMARTS) is 1. The van der Waals surface area contributed by atoms with Crippen molar-refractivity contribution in [2.75, 3.05) is 20.3 Å². The van der Waals surface area contributed by atoms with E-state index in [1.165, 1.54) is 13.2 Å². The van der Waals surface area contributed by atoms with E-state index in [1.54, 1.807) is 6.92 Å². The lowest BCUT2D eigenvalue weighted by molar-refractivity contribution is -0.254. The fourth-order valence-electron chi connectivity index (χ4n) is 6.10. The second-order valence-electron chi connectivity index (χ2n) is 12.0. The summed E-state index contributed by atoms with van der Waals surface area (Å²) in [6, 6.07) is 2.31. The molecule has 0 unspecified atom stereocenters. The van der Waals surface area contributed by atoms with Crippen LogP contribution >= 0.6 is 0 Å². The number of ether oxygens (including phenoxy) is 3. The number of aliphatic carboxylic acids is 1. The van der Waals surface area contributed by atoms with Gasteiger partial charge in [0.2, 0.25) is 5.91 Å². The standard InChI is InChI=1S/C29H41FN2O8/c1-5-20-23(25(35)31-15-27(2)9-6-10-27)28(3,40-20)32-24(34)18-13-22(19(30)14-21(18)38-4)39-17-7-11-29(16-33,12-8-17)26(36)37/h13-14,17,20,23,33H,5-12,15-16H2,1-4H3,(H,31,35)(H,32,34)(H,36,37)/t17?,20-,23-,28-,29?/m0/s1. The number of carbonyl (C=O) groups excluding carboxylic acids is 2. The number of rotatable bonds is 11. The highest BCUT2D eigenvalue weighted by Gasteiger charge is 2.56. The summed E-state index contributed by atoms with van der Waals surface area (Å²) in [4.78, 5) is 38.2. The number of carbonyl (C=O) groups is 3. The van der Waals surface area contributed by atoms with Gasteiger partial charge in [0.15, 0.2) is 17.3 Å². The molecule has 40 heavy (non-hydrogen) atoms. The van der Waals surface area contributed by atoms with Gasteiger partial charge in [-0.1, -0.05) is 20.3 Å². The maximum Gasteiger partial charge on any atom is 0.311 e. The lowest BCUT2D eigenvalue weighted by atomic mass is 9.70. The number of nitrogens with one attached hydrogen (secondary N) is 2. The minimum atomic E-state index is -1.27. The molecule has 4 rings (SSSR count). The molecule has 0 aromatic heterocycles. The predicted octanol–water partition coefficient (Wildman–Crippen LogP) is 3.40. The molecule has 0 spiro atoms. The average Bonchev–Trinajstić information content (AvgIpc) is 2.90. The lowest BCUT2D eigenvalue weighted by Gasteiger charge is -2.52. The van der Waals surface area contributed by atoms with Crippen molar-refractivity contribution in [3.8, 4) is 11.5 Å². The molecule has 2 saturated carbocycles. The maximum atomic E-state index is 14.9. The van der Waals surface area contributed by atoms with E-state index in [-0.39, 0.29) is 47.3 Å². The number of benzene rings is 1. The van der Waals surface area contributed by atoms with Crippen LogP contribution in [0.2, 0.25) is 0 Å². The van der Waals surface area contributed by atoms with E-state index in [9.17, 15) is 29.0 Å². The number of aliphatic hydroxyl groups is 1. The summed E-state index contributed by atoms with van der Waals surface area (Å²) in [5, 5.41) is 24.9. The zero-order valence-corrected chi connectivity index (χ0v) is 23.7. The molecule has 2 amide bonds. The van der Waals surface area contributed by atoms with Gasteiger partial charge in [-0.25, -0.2) is 4.39 Å². The molecular formula is C29H41FN2O8. The van der Waals surface area contributed by atoms with Crippen LogP contribution in [-0.2, 0) is 14.3 Å². The Labute approximate surface area is 233 Å². The molecule has 11 heteroatoms. The molecule has 1 saturated heterocycles. The van der Waals surface area contributed by atoms with Gasteiger partial charge in [0.1, 0.15) is 11.7 Å². The summed E-state index contributed by atoms with van der Waals surface area (Å²) in [6.45, 7) is 5.81. The Morgan fingerprint density at radius 1 is 1.12 bits per heavy atom.